The molecular formula is C15H18N4O3S. The Hall–Kier alpha value is -2.35. The lowest BCUT2D eigenvalue weighted by atomic mass is 10.3. The molecule has 2 rings (SSSR count). The summed E-state index contributed by atoms with van der Waals surface area (Å²) >= 11 is 1.38. The van der Waals surface area contributed by atoms with Crippen LogP contribution in [-0.4, -0.2) is 25.6 Å². The zero-order valence-corrected chi connectivity index (χ0v) is 13.7. The molecule has 122 valence electrons. The maximum absolute atomic E-state index is 12.2. The molecule has 2 aromatic rings. The van der Waals surface area contributed by atoms with Crippen LogP contribution in [0.25, 0.3) is 0 Å². The third-order valence-corrected chi connectivity index (χ3v) is 4.26. The summed E-state index contributed by atoms with van der Waals surface area (Å²) in [5.74, 6) is -0.171. The first-order chi connectivity index (χ1) is 11.0. The predicted octanol–water partition coefficient (Wildman–Crippen LogP) is 3.32. The van der Waals surface area contributed by atoms with Crippen molar-refractivity contribution in [1.29, 1.82) is 0 Å². The van der Waals surface area contributed by atoms with E-state index in [1.54, 1.807) is 13.1 Å². The first kappa shape index (κ1) is 17.0. The quantitative estimate of drug-likeness (QED) is 0.476. The molecule has 7 nitrogen and oxygen atoms in total. The summed E-state index contributed by atoms with van der Waals surface area (Å²) in [6, 6.07) is 5.76. The Kier molecular flexibility index (Phi) is 5.75. The number of nitro groups is 1. The number of nitro benzene ring substituents is 1. The number of carbonyl (C=O) groups excluding carboxylic acids is 1. The lowest BCUT2D eigenvalue weighted by molar-refractivity contribution is -0.384. The van der Waals surface area contributed by atoms with Crippen molar-refractivity contribution >= 4 is 29.0 Å². The Balaban J connectivity index is 1.96. The predicted molar refractivity (Wildman–Crippen MR) is 89.6 cm³/mol. The second kappa shape index (κ2) is 7.77. The van der Waals surface area contributed by atoms with E-state index in [9.17, 15) is 14.9 Å². The third kappa shape index (κ3) is 4.56. The minimum atomic E-state index is -0.475. The summed E-state index contributed by atoms with van der Waals surface area (Å²) in [7, 11) is 0. The van der Waals surface area contributed by atoms with E-state index < -0.39 is 4.92 Å². The Morgan fingerprint density at radius 2 is 2.13 bits per heavy atom. The van der Waals surface area contributed by atoms with Crippen molar-refractivity contribution in [3.63, 3.8) is 0 Å². The molecule has 0 saturated heterocycles. The summed E-state index contributed by atoms with van der Waals surface area (Å²) in [5, 5.41) is 13.8. The van der Waals surface area contributed by atoms with Gasteiger partial charge in [0.15, 0.2) is 5.16 Å². The van der Waals surface area contributed by atoms with Gasteiger partial charge >= 0.3 is 0 Å². The first-order valence-corrected chi connectivity index (χ1v) is 8.12. The van der Waals surface area contributed by atoms with Crippen LogP contribution < -0.4 is 5.32 Å². The highest BCUT2D eigenvalue weighted by Gasteiger charge is 2.17. The topological polar surface area (TPSA) is 90.1 Å². The van der Waals surface area contributed by atoms with Crippen molar-refractivity contribution in [2.45, 2.75) is 37.2 Å². The lowest BCUT2D eigenvalue weighted by Gasteiger charge is -2.12. The van der Waals surface area contributed by atoms with Crippen LogP contribution in [0.5, 0.6) is 0 Å². The van der Waals surface area contributed by atoms with Gasteiger partial charge in [-0.2, -0.15) is 0 Å². The molecule has 1 aromatic carbocycles. The van der Waals surface area contributed by atoms with Gasteiger partial charge in [-0.3, -0.25) is 14.9 Å². The van der Waals surface area contributed by atoms with Gasteiger partial charge in [0.2, 0.25) is 5.91 Å². The van der Waals surface area contributed by atoms with Gasteiger partial charge in [-0.05, 0) is 25.5 Å². The Morgan fingerprint density at radius 1 is 1.43 bits per heavy atom. The summed E-state index contributed by atoms with van der Waals surface area (Å²) in [6.07, 6.45) is 4.61. The zero-order chi connectivity index (χ0) is 16.8. The molecule has 0 aliphatic carbocycles. The Labute approximate surface area is 138 Å². The van der Waals surface area contributed by atoms with E-state index in [0.29, 0.717) is 5.69 Å². The standard InChI is InChI=1S/C15H18N4O3S/c1-3-9-18-10-8-16-15(18)23-11(2)14(20)17-12-4-6-13(7-5-12)19(21)22/h4-8,10-11H,3,9H2,1-2H3,(H,17,20). The highest BCUT2D eigenvalue weighted by atomic mass is 32.2. The molecule has 0 spiro atoms. The maximum atomic E-state index is 12.2. The van der Waals surface area contributed by atoms with Gasteiger partial charge in [0, 0.05) is 36.8 Å². The van der Waals surface area contributed by atoms with Crippen molar-refractivity contribution in [3.05, 3.63) is 46.8 Å². The van der Waals surface area contributed by atoms with Crippen LogP contribution in [-0.2, 0) is 11.3 Å². The number of anilines is 1. The van der Waals surface area contributed by atoms with E-state index in [4.69, 9.17) is 0 Å². The second-order valence-electron chi connectivity index (χ2n) is 4.96. The fourth-order valence-corrected chi connectivity index (χ4v) is 2.84. The van der Waals surface area contributed by atoms with Gasteiger partial charge in [0.05, 0.1) is 10.2 Å². The third-order valence-electron chi connectivity index (χ3n) is 3.14. The summed E-state index contributed by atoms with van der Waals surface area (Å²) in [4.78, 5) is 26.6. The van der Waals surface area contributed by atoms with E-state index in [0.717, 1.165) is 18.1 Å². The number of amides is 1. The number of rotatable bonds is 7. The van der Waals surface area contributed by atoms with Crippen LogP contribution >= 0.6 is 11.8 Å². The number of aryl methyl sites for hydroxylation is 1. The fraction of sp³-hybridized carbons (Fsp3) is 0.333. The Bertz CT molecular complexity index is 684. The molecule has 0 fully saturated rings. The monoisotopic (exact) mass is 334 g/mol. The molecule has 1 aromatic heterocycles. The number of imidazole rings is 1. The molecule has 1 heterocycles. The van der Waals surface area contributed by atoms with E-state index >= 15 is 0 Å². The van der Waals surface area contributed by atoms with Crippen molar-refractivity contribution < 1.29 is 9.72 Å². The number of aromatic nitrogens is 2. The van der Waals surface area contributed by atoms with E-state index in [-0.39, 0.29) is 16.8 Å². The number of nitrogens with one attached hydrogen (secondary N) is 1. The van der Waals surface area contributed by atoms with Gasteiger partial charge in [0.1, 0.15) is 0 Å². The zero-order valence-electron chi connectivity index (χ0n) is 12.9. The molecule has 0 aliphatic heterocycles. The normalized spacial score (nSPS) is 11.9. The average molecular weight is 334 g/mol. The van der Waals surface area contributed by atoms with E-state index in [1.807, 2.05) is 10.8 Å². The number of non-ortho nitro benzene ring substituents is 1. The number of carbonyl (C=O) groups is 1. The lowest BCUT2D eigenvalue weighted by Crippen LogP contribution is -2.22. The maximum Gasteiger partial charge on any atom is 0.269 e. The fourth-order valence-electron chi connectivity index (χ4n) is 1.95. The van der Waals surface area contributed by atoms with Crippen LogP contribution in [0.2, 0.25) is 0 Å². The van der Waals surface area contributed by atoms with Gasteiger partial charge in [-0.1, -0.05) is 18.7 Å². The highest BCUT2D eigenvalue weighted by Crippen LogP contribution is 2.23. The molecule has 1 N–H and O–H groups in total. The number of benzene rings is 1. The number of hydrogen-bond acceptors (Lipinski definition) is 5. The first-order valence-electron chi connectivity index (χ1n) is 7.24. The van der Waals surface area contributed by atoms with E-state index in [1.165, 1.54) is 36.0 Å². The molecule has 1 unspecified atom stereocenters. The highest BCUT2D eigenvalue weighted by molar-refractivity contribution is 8.00. The van der Waals surface area contributed by atoms with E-state index in [2.05, 4.69) is 17.2 Å². The molecule has 8 heteroatoms. The summed E-state index contributed by atoms with van der Waals surface area (Å²) in [6.45, 7) is 4.74. The van der Waals surface area contributed by atoms with Crippen molar-refractivity contribution in [3.8, 4) is 0 Å². The minimum absolute atomic E-state index is 0.00739. The van der Waals surface area contributed by atoms with Crippen molar-refractivity contribution in [2.75, 3.05) is 5.32 Å². The molecule has 1 atom stereocenters. The molecule has 23 heavy (non-hydrogen) atoms. The number of nitrogens with zero attached hydrogens (tertiary/aromatic N) is 3. The summed E-state index contributed by atoms with van der Waals surface area (Å²) < 4.78 is 2.01. The molecule has 1 amide bonds. The average Bonchev–Trinajstić information content (AvgIpc) is 2.95. The number of thioether (sulfide) groups is 1. The SMILES string of the molecule is CCCn1ccnc1SC(C)C(=O)Nc1ccc([N+](=O)[O-])cc1. The minimum Gasteiger partial charge on any atom is -0.326 e. The largest absolute Gasteiger partial charge is 0.326 e. The summed E-state index contributed by atoms with van der Waals surface area (Å²) in [5.41, 5.74) is 0.525. The molecule has 0 aliphatic rings. The molecule has 0 saturated carbocycles. The smallest absolute Gasteiger partial charge is 0.269 e. The van der Waals surface area contributed by atoms with Crippen LogP contribution in [0.1, 0.15) is 20.3 Å². The van der Waals surface area contributed by atoms with Gasteiger partial charge in [-0.25, -0.2) is 4.98 Å². The number of hydrogen-bond donors (Lipinski definition) is 1. The van der Waals surface area contributed by atoms with Gasteiger partial charge < -0.3 is 9.88 Å². The van der Waals surface area contributed by atoms with Crippen molar-refractivity contribution in [1.82, 2.24) is 9.55 Å². The van der Waals surface area contributed by atoms with Crippen LogP contribution in [0, 0.1) is 10.1 Å². The Morgan fingerprint density at radius 3 is 2.74 bits per heavy atom. The van der Waals surface area contributed by atoms with Gasteiger partial charge in [-0.15, -0.1) is 0 Å². The second-order valence-corrected chi connectivity index (χ2v) is 6.26. The van der Waals surface area contributed by atoms with Crippen molar-refractivity contribution in [2.24, 2.45) is 0 Å². The molecular weight excluding hydrogens is 316 g/mol. The molecule has 0 bridgehead atoms. The van der Waals surface area contributed by atoms with Gasteiger partial charge in [0.25, 0.3) is 5.69 Å². The molecule has 0 radical (unpaired) electrons. The van der Waals surface area contributed by atoms with Crippen LogP contribution in [0.3, 0.4) is 0 Å². The van der Waals surface area contributed by atoms with Crippen LogP contribution in [0.4, 0.5) is 11.4 Å². The van der Waals surface area contributed by atoms with Crippen LogP contribution in [0.15, 0.2) is 41.8 Å².